The van der Waals surface area contributed by atoms with Gasteiger partial charge < -0.3 is 10.1 Å². The van der Waals surface area contributed by atoms with E-state index in [4.69, 9.17) is 4.74 Å². The fraction of sp³-hybridized carbons (Fsp3) is 0.467. The molecular weight excluding hydrogens is 242 g/mol. The highest BCUT2D eigenvalue weighted by Gasteiger charge is 2.24. The summed E-state index contributed by atoms with van der Waals surface area (Å²) < 4.78 is 4.75. The topological polar surface area (TPSA) is 55.4 Å². The fourth-order valence-electron chi connectivity index (χ4n) is 1.66. The molecular formula is C15H21NO3. The van der Waals surface area contributed by atoms with E-state index in [0.29, 0.717) is 5.56 Å². The molecule has 1 N–H and O–H groups in total. The normalized spacial score (nSPS) is 12.7. The van der Waals surface area contributed by atoms with Gasteiger partial charge in [-0.15, -0.1) is 0 Å². The molecule has 0 aliphatic rings. The van der Waals surface area contributed by atoms with Crippen molar-refractivity contribution in [2.75, 3.05) is 7.11 Å². The summed E-state index contributed by atoms with van der Waals surface area (Å²) >= 11 is 0. The largest absolute Gasteiger partial charge is 0.465 e. The lowest BCUT2D eigenvalue weighted by atomic mass is 9.94. The summed E-state index contributed by atoms with van der Waals surface area (Å²) in [5.41, 5.74) is 0.771. The molecule has 1 atom stereocenters. The Morgan fingerprint density at radius 3 is 2.32 bits per heavy atom. The Hall–Kier alpha value is -1.84. The molecule has 104 valence electrons. The van der Waals surface area contributed by atoms with Crippen LogP contribution in [0.4, 0.5) is 0 Å². The van der Waals surface area contributed by atoms with Gasteiger partial charge in [-0.05, 0) is 18.6 Å². The fourth-order valence-corrected chi connectivity index (χ4v) is 1.66. The van der Waals surface area contributed by atoms with Crippen LogP contribution in [0.3, 0.4) is 0 Å². The van der Waals surface area contributed by atoms with E-state index in [-0.39, 0.29) is 11.9 Å². The zero-order valence-electron chi connectivity index (χ0n) is 12.1. The molecule has 0 heterocycles. The molecule has 4 heteroatoms. The Bertz CT molecular complexity index is 475. The standard InChI is InChI=1S/C15H21NO3/c1-10(16-14(18)15(2,3)4)11-8-6-7-9-12(11)13(17)19-5/h6-10H,1-5H3,(H,16,18)/t10-/m1/s1. The van der Waals surface area contributed by atoms with Gasteiger partial charge in [0.25, 0.3) is 0 Å². The van der Waals surface area contributed by atoms with E-state index in [2.05, 4.69) is 5.32 Å². The monoisotopic (exact) mass is 263 g/mol. The van der Waals surface area contributed by atoms with Crippen molar-refractivity contribution in [3.05, 3.63) is 35.4 Å². The van der Waals surface area contributed by atoms with Crippen molar-refractivity contribution >= 4 is 11.9 Å². The lowest BCUT2D eigenvalue weighted by molar-refractivity contribution is -0.129. The molecule has 0 unspecified atom stereocenters. The first-order valence-corrected chi connectivity index (χ1v) is 6.25. The SMILES string of the molecule is COC(=O)c1ccccc1[C@@H](C)NC(=O)C(C)(C)C. The molecule has 0 saturated heterocycles. The van der Waals surface area contributed by atoms with E-state index in [1.54, 1.807) is 12.1 Å². The van der Waals surface area contributed by atoms with E-state index in [1.165, 1.54) is 7.11 Å². The number of methoxy groups -OCH3 is 1. The van der Waals surface area contributed by atoms with Crippen LogP contribution in [0.15, 0.2) is 24.3 Å². The Morgan fingerprint density at radius 2 is 1.79 bits per heavy atom. The zero-order valence-corrected chi connectivity index (χ0v) is 12.1. The van der Waals surface area contributed by atoms with Crippen LogP contribution in [-0.2, 0) is 9.53 Å². The molecule has 0 aromatic heterocycles. The Labute approximate surface area is 114 Å². The van der Waals surface area contributed by atoms with Crippen LogP contribution >= 0.6 is 0 Å². The van der Waals surface area contributed by atoms with Gasteiger partial charge in [0.2, 0.25) is 5.91 Å². The van der Waals surface area contributed by atoms with Crippen molar-refractivity contribution in [1.82, 2.24) is 5.32 Å². The Balaban J connectivity index is 2.97. The second kappa shape index (κ2) is 5.87. The predicted molar refractivity (Wildman–Crippen MR) is 73.8 cm³/mol. The molecule has 4 nitrogen and oxygen atoms in total. The zero-order chi connectivity index (χ0) is 14.6. The van der Waals surface area contributed by atoms with Gasteiger partial charge >= 0.3 is 5.97 Å². The first-order valence-electron chi connectivity index (χ1n) is 6.25. The number of benzene rings is 1. The van der Waals surface area contributed by atoms with Crippen molar-refractivity contribution in [3.8, 4) is 0 Å². The van der Waals surface area contributed by atoms with Gasteiger partial charge in [-0.2, -0.15) is 0 Å². The molecule has 0 aliphatic heterocycles. The van der Waals surface area contributed by atoms with Gasteiger partial charge in [0.1, 0.15) is 0 Å². The molecule has 0 aliphatic carbocycles. The van der Waals surface area contributed by atoms with Gasteiger partial charge in [-0.25, -0.2) is 4.79 Å². The number of ether oxygens (including phenoxy) is 1. The number of carbonyl (C=O) groups excluding carboxylic acids is 2. The number of hydrogen-bond acceptors (Lipinski definition) is 3. The predicted octanol–water partition coefficient (Wildman–Crippen LogP) is 2.70. The Kier molecular flexibility index (Phi) is 4.70. The van der Waals surface area contributed by atoms with Crippen LogP contribution in [0.5, 0.6) is 0 Å². The smallest absolute Gasteiger partial charge is 0.338 e. The summed E-state index contributed by atoms with van der Waals surface area (Å²) in [4.78, 5) is 23.7. The summed E-state index contributed by atoms with van der Waals surface area (Å²) in [5.74, 6) is -0.452. The molecule has 1 aromatic carbocycles. The number of esters is 1. The van der Waals surface area contributed by atoms with Gasteiger partial charge in [0.15, 0.2) is 0 Å². The highest BCUT2D eigenvalue weighted by atomic mass is 16.5. The van der Waals surface area contributed by atoms with Gasteiger partial charge in [0, 0.05) is 5.41 Å². The maximum Gasteiger partial charge on any atom is 0.338 e. The minimum Gasteiger partial charge on any atom is -0.465 e. The first kappa shape index (κ1) is 15.2. The van der Waals surface area contributed by atoms with E-state index < -0.39 is 11.4 Å². The van der Waals surface area contributed by atoms with Crippen LogP contribution in [0.2, 0.25) is 0 Å². The van der Waals surface area contributed by atoms with E-state index in [9.17, 15) is 9.59 Å². The summed E-state index contributed by atoms with van der Waals surface area (Å²) in [7, 11) is 1.34. The molecule has 0 radical (unpaired) electrons. The average molecular weight is 263 g/mol. The average Bonchev–Trinajstić information content (AvgIpc) is 2.36. The molecule has 1 aromatic rings. The van der Waals surface area contributed by atoms with Crippen LogP contribution < -0.4 is 5.32 Å². The number of carbonyl (C=O) groups is 2. The summed E-state index contributed by atoms with van der Waals surface area (Å²) in [6, 6.07) is 6.87. The van der Waals surface area contributed by atoms with Crippen LogP contribution in [0.25, 0.3) is 0 Å². The minimum absolute atomic E-state index is 0.0559. The highest BCUT2D eigenvalue weighted by molar-refractivity contribution is 5.91. The summed E-state index contributed by atoms with van der Waals surface area (Å²) in [6.07, 6.45) is 0. The first-order chi connectivity index (χ1) is 8.77. The molecule has 0 bridgehead atoms. The van der Waals surface area contributed by atoms with Crippen molar-refractivity contribution in [1.29, 1.82) is 0 Å². The van der Waals surface area contributed by atoms with Crippen LogP contribution in [0.1, 0.15) is 49.7 Å². The summed E-state index contributed by atoms with van der Waals surface area (Å²) in [5, 5.41) is 2.91. The number of amides is 1. The van der Waals surface area contributed by atoms with Crippen molar-refractivity contribution < 1.29 is 14.3 Å². The minimum atomic E-state index is -0.464. The maximum absolute atomic E-state index is 12.0. The van der Waals surface area contributed by atoms with Gasteiger partial charge in [-0.3, -0.25) is 4.79 Å². The molecule has 0 spiro atoms. The van der Waals surface area contributed by atoms with Crippen molar-refractivity contribution in [2.24, 2.45) is 5.41 Å². The second-order valence-corrected chi connectivity index (χ2v) is 5.52. The van der Waals surface area contributed by atoms with E-state index >= 15 is 0 Å². The second-order valence-electron chi connectivity index (χ2n) is 5.52. The third-order valence-corrected chi connectivity index (χ3v) is 2.86. The number of rotatable bonds is 3. The van der Waals surface area contributed by atoms with Crippen molar-refractivity contribution in [2.45, 2.75) is 33.7 Å². The highest BCUT2D eigenvalue weighted by Crippen LogP contribution is 2.21. The third-order valence-electron chi connectivity index (χ3n) is 2.86. The quantitative estimate of drug-likeness (QED) is 0.853. The number of nitrogens with one attached hydrogen (secondary N) is 1. The van der Waals surface area contributed by atoms with E-state index in [1.807, 2.05) is 39.8 Å². The van der Waals surface area contributed by atoms with Crippen LogP contribution in [-0.4, -0.2) is 19.0 Å². The number of hydrogen-bond donors (Lipinski definition) is 1. The van der Waals surface area contributed by atoms with Crippen LogP contribution in [0, 0.1) is 5.41 Å². The van der Waals surface area contributed by atoms with Crippen molar-refractivity contribution in [3.63, 3.8) is 0 Å². The van der Waals surface area contributed by atoms with Gasteiger partial charge in [0.05, 0.1) is 18.7 Å². The molecule has 1 amide bonds. The lowest BCUT2D eigenvalue weighted by Gasteiger charge is -2.23. The van der Waals surface area contributed by atoms with Gasteiger partial charge in [-0.1, -0.05) is 39.0 Å². The molecule has 0 fully saturated rings. The molecule has 1 rings (SSSR count). The third kappa shape index (κ3) is 3.81. The van der Waals surface area contributed by atoms with E-state index in [0.717, 1.165) is 5.56 Å². The Morgan fingerprint density at radius 1 is 1.21 bits per heavy atom. The molecule has 0 saturated carbocycles. The maximum atomic E-state index is 12.0. The molecule has 19 heavy (non-hydrogen) atoms. The lowest BCUT2D eigenvalue weighted by Crippen LogP contribution is -2.36. The summed E-state index contributed by atoms with van der Waals surface area (Å²) in [6.45, 7) is 7.40.